The number of rotatable bonds is 4. The first-order valence-corrected chi connectivity index (χ1v) is 9.13. The van der Waals surface area contributed by atoms with Crippen molar-refractivity contribution in [1.29, 1.82) is 0 Å². The molecule has 6 nitrogen and oxygen atoms in total. The van der Waals surface area contributed by atoms with Crippen LogP contribution in [0.15, 0.2) is 24.3 Å². The van der Waals surface area contributed by atoms with Crippen molar-refractivity contribution in [3.63, 3.8) is 0 Å². The zero-order valence-corrected chi connectivity index (χ0v) is 14.7. The van der Waals surface area contributed by atoms with Crippen molar-refractivity contribution in [2.45, 2.75) is 38.1 Å². The number of nitrogens with one attached hydrogen (secondary N) is 1. The molecular weight excluding hydrogens is 337 g/mol. The number of benzene rings is 1. The van der Waals surface area contributed by atoms with E-state index in [0.717, 1.165) is 12.0 Å². The summed E-state index contributed by atoms with van der Waals surface area (Å²) in [5.74, 6) is -0.396. The Labute approximate surface area is 152 Å². The Hall–Kier alpha value is -2.44. The summed E-state index contributed by atoms with van der Waals surface area (Å²) >= 11 is 0. The summed E-state index contributed by atoms with van der Waals surface area (Å²) in [6.45, 7) is 2.19. The van der Waals surface area contributed by atoms with Crippen LogP contribution in [0.5, 0.6) is 0 Å². The number of amides is 3. The van der Waals surface area contributed by atoms with Crippen molar-refractivity contribution in [1.82, 2.24) is 15.1 Å². The van der Waals surface area contributed by atoms with Crippen molar-refractivity contribution in [3.8, 4) is 0 Å². The fourth-order valence-corrected chi connectivity index (χ4v) is 3.51. The highest BCUT2D eigenvalue weighted by Crippen LogP contribution is 2.13. The Morgan fingerprint density at radius 3 is 2.65 bits per heavy atom. The van der Waals surface area contributed by atoms with E-state index in [1.54, 1.807) is 15.9 Å². The molecule has 1 N–H and O–H groups in total. The van der Waals surface area contributed by atoms with Crippen molar-refractivity contribution < 1.29 is 18.8 Å². The number of nitrogens with zero attached hydrogens (tertiary/aromatic N) is 2. The largest absolute Gasteiger partial charge is 0.344 e. The molecule has 0 aliphatic carbocycles. The second kappa shape index (κ2) is 8.29. The van der Waals surface area contributed by atoms with Gasteiger partial charge in [0, 0.05) is 39.0 Å². The number of carbonyl (C=O) groups excluding carboxylic acids is 3. The van der Waals surface area contributed by atoms with E-state index < -0.39 is 6.04 Å². The van der Waals surface area contributed by atoms with Crippen molar-refractivity contribution in [2.24, 2.45) is 0 Å². The summed E-state index contributed by atoms with van der Waals surface area (Å²) in [6, 6.07) is 5.88. The first-order chi connectivity index (χ1) is 12.5. The summed E-state index contributed by atoms with van der Waals surface area (Å²) < 4.78 is 13.2. The molecule has 0 radical (unpaired) electrons. The highest BCUT2D eigenvalue weighted by molar-refractivity contribution is 5.90. The van der Waals surface area contributed by atoms with Gasteiger partial charge in [-0.2, -0.15) is 0 Å². The molecule has 2 heterocycles. The van der Waals surface area contributed by atoms with Crippen LogP contribution >= 0.6 is 0 Å². The summed E-state index contributed by atoms with van der Waals surface area (Å²) in [5.41, 5.74) is 0.807. The standard InChI is InChI=1S/C19H24FN3O3/c20-15-4-1-3-14(13-15)5-8-18(25)22-9-2-10-23(12-11-22)19(26)16-6-7-17(24)21-16/h1,3-4,13,16H,2,5-12H2,(H,21,24). The van der Waals surface area contributed by atoms with Gasteiger partial charge in [-0.15, -0.1) is 0 Å². The minimum absolute atomic E-state index is 0.0257. The predicted molar refractivity (Wildman–Crippen MR) is 93.7 cm³/mol. The molecule has 2 aliphatic heterocycles. The predicted octanol–water partition coefficient (Wildman–Crippen LogP) is 1.10. The molecule has 0 bridgehead atoms. The van der Waals surface area contributed by atoms with E-state index in [-0.39, 0.29) is 23.5 Å². The van der Waals surface area contributed by atoms with Crippen molar-refractivity contribution in [3.05, 3.63) is 35.6 Å². The van der Waals surface area contributed by atoms with Crippen LogP contribution < -0.4 is 5.32 Å². The molecule has 1 atom stereocenters. The number of hydrogen-bond donors (Lipinski definition) is 1. The zero-order chi connectivity index (χ0) is 18.5. The minimum Gasteiger partial charge on any atom is -0.344 e. The lowest BCUT2D eigenvalue weighted by Crippen LogP contribution is -2.46. The molecule has 3 amide bonds. The molecule has 1 aromatic carbocycles. The van der Waals surface area contributed by atoms with Crippen molar-refractivity contribution >= 4 is 17.7 Å². The molecule has 2 fully saturated rings. The average Bonchev–Trinajstić information content (AvgIpc) is 2.91. The molecular formula is C19H24FN3O3. The SMILES string of the molecule is O=C1CCC(C(=O)N2CCCN(C(=O)CCc3cccc(F)c3)CC2)N1. The van der Waals surface area contributed by atoms with Crippen molar-refractivity contribution in [2.75, 3.05) is 26.2 Å². The van der Waals surface area contributed by atoms with Gasteiger partial charge < -0.3 is 15.1 Å². The van der Waals surface area contributed by atoms with Crippen LogP contribution in [0.3, 0.4) is 0 Å². The third kappa shape index (κ3) is 4.59. The molecule has 0 aromatic heterocycles. The molecule has 140 valence electrons. The van der Waals surface area contributed by atoms with Gasteiger partial charge >= 0.3 is 0 Å². The van der Waals surface area contributed by atoms with Gasteiger partial charge in [-0.05, 0) is 37.0 Å². The van der Waals surface area contributed by atoms with Crippen LogP contribution in [-0.4, -0.2) is 59.7 Å². The van der Waals surface area contributed by atoms with Crippen LogP contribution in [0.1, 0.15) is 31.2 Å². The summed E-state index contributed by atoms with van der Waals surface area (Å²) in [7, 11) is 0. The maximum absolute atomic E-state index is 13.2. The van der Waals surface area contributed by atoms with Gasteiger partial charge in [-0.3, -0.25) is 14.4 Å². The van der Waals surface area contributed by atoms with Gasteiger partial charge in [-0.25, -0.2) is 4.39 Å². The molecule has 3 rings (SSSR count). The third-order valence-electron chi connectivity index (χ3n) is 4.97. The van der Waals surface area contributed by atoms with Crippen LogP contribution in [-0.2, 0) is 20.8 Å². The van der Waals surface area contributed by atoms with Gasteiger partial charge in [0.05, 0.1) is 0 Å². The molecule has 2 saturated heterocycles. The maximum atomic E-state index is 13.2. The van der Waals surface area contributed by atoms with Crippen LogP contribution in [0.4, 0.5) is 4.39 Å². The Morgan fingerprint density at radius 2 is 1.92 bits per heavy atom. The quantitative estimate of drug-likeness (QED) is 0.873. The number of aryl methyl sites for hydroxylation is 1. The van der Waals surface area contributed by atoms with E-state index in [0.29, 0.717) is 51.9 Å². The van der Waals surface area contributed by atoms with Gasteiger partial charge in [0.25, 0.3) is 0 Å². The van der Waals surface area contributed by atoms with E-state index in [1.807, 2.05) is 6.07 Å². The summed E-state index contributed by atoms with van der Waals surface area (Å²) in [6.07, 6.45) is 2.50. The minimum atomic E-state index is -0.419. The van der Waals surface area contributed by atoms with Gasteiger partial charge in [-0.1, -0.05) is 12.1 Å². The fourth-order valence-electron chi connectivity index (χ4n) is 3.51. The lowest BCUT2D eigenvalue weighted by Gasteiger charge is -2.24. The van der Waals surface area contributed by atoms with Gasteiger partial charge in [0.15, 0.2) is 0 Å². The number of hydrogen-bond acceptors (Lipinski definition) is 3. The van der Waals surface area contributed by atoms with Gasteiger partial charge in [0.1, 0.15) is 11.9 Å². The second-order valence-electron chi connectivity index (χ2n) is 6.85. The lowest BCUT2D eigenvalue weighted by molar-refractivity contribution is -0.135. The molecule has 1 unspecified atom stereocenters. The van der Waals surface area contributed by atoms with Crippen LogP contribution in [0.25, 0.3) is 0 Å². The monoisotopic (exact) mass is 361 g/mol. The summed E-state index contributed by atoms with van der Waals surface area (Å²) in [4.78, 5) is 39.8. The zero-order valence-electron chi connectivity index (χ0n) is 14.7. The molecule has 0 spiro atoms. The Kier molecular flexibility index (Phi) is 5.85. The lowest BCUT2D eigenvalue weighted by atomic mass is 10.1. The molecule has 2 aliphatic rings. The Bertz CT molecular complexity index is 694. The number of carbonyl (C=O) groups is 3. The first-order valence-electron chi connectivity index (χ1n) is 9.13. The van der Waals surface area contributed by atoms with Crippen LogP contribution in [0.2, 0.25) is 0 Å². The summed E-state index contributed by atoms with van der Waals surface area (Å²) in [5, 5.41) is 2.71. The number of halogens is 1. The molecule has 26 heavy (non-hydrogen) atoms. The Balaban J connectivity index is 1.49. The fraction of sp³-hybridized carbons (Fsp3) is 0.526. The van der Waals surface area contributed by atoms with E-state index in [2.05, 4.69) is 5.32 Å². The molecule has 7 heteroatoms. The third-order valence-corrected chi connectivity index (χ3v) is 4.97. The average molecular weight is 361 g/mol. The Morgan fingerprint density at radius 1 is 1.15 bits per heavy atom. The van der Waals surface area contributed by atoms with E-state index in [4.69, 9.17) is 0 Å². The molecule has 1 aromatic rings. The maximum Gasteiger partial charge on any atom is 0.245 e. The normalized spacial score (nSPS) is 20.7. The smallest absolute Gasteiger partial charge is 0.245 e. The van der Waals surface area contributed by atoms with E-state index in [1.165, 1.54) is 12.1 Å². The van der Waals surface area contributed by atoms with Gasteiger partial charge in [0.2, 0.25) is 17.7 Å². The highest BCUT2D eigenvalue weighted by atomic mass is 19.1. The highest BCUT2D eigenvalue weighted by Gasteiger charge is 2.31. The van der Waals surface area contributed by atoms with Crippen LogP contribution in [0, 0.1) is 5.82 Å². The molecule has 0 saturated carbocycles. The van der Waals surface area contributed by atoms with E-state index in [9.17, 15) is 18.8 Å². The first kappa shape index (κ1) is 18.4. The topological polar surface area (TPSA) is 69.7 Å². The second-order valence-corrected chi connectivity index (χ2v) is 6.85. The van der Waals surface area contributed by atoms with E-state index >= 15 is 0 Å².